The second-order valence-electron chi connectivity index (χ2n) is 5.64. The third-order valence-electron chi connectivity index (χ3n) is 3.73. The lowest BCUT2D eigenvalue weighted by Crippen LogP contribution is -2.24. The van der Waals surface area contributed by atoms with Gasteiger partial charge in [-0.15, -0.1) is 0 Å². The summed E-state index contributed by atoms with van der Waals surface area (Å²) < 4.78 is 24.4. The van der Waals surface area contributed by atoms with E-state index < -0.39 is 15.1 Å². The lowest BCUT2D eigenvalue weighted by Gasteiger charge is -2.19. The van der Waals surface area contributed by atoms with Crippen molar-refractivity contribution in [2.24, 2.45) is 17.4 Å². The smallest absolute Gasteiger partial charge is 0.180 e. The van der Waals surface area contributed by atoms with Crippen molar-refractivity contribution in [3.63, 3.8) is 0 Å². The van der Waals surface area contributed by atoms with E-state index in [0.717, 1.165) is 12.0 Å². The van der Waals surface area contributed by atoms with Gasteiger partial charge in [-0.1, -0.05) is 19.1 Å². The molecule has 0 saturated heterocycles. The monoisotopic (exact) mass is 298 g/mol. The van der Waals surface area contributed by atoms with Gasteiger partial charge in [0, 0.05) is 0 Å². The van der Waals surface area contributed by atoms with E-state index in [1.807, 2.05) is 6.07 Å². The number of benzene rings is 1. The molecule has 0 bridgehead atoms. The SMILES string of the molecule is CC(CC(CN)CN)c1cccc(S(=O)(=O)C(C)C)c1. The van der Waals surface area contributed by atoms with Crippen molar-refractivity contribution in [2.75, 3.05) is 13.1 Å². The average Bonchev–Trinajstić information content (AvgIpc) is 2.44. The molecule has 0 aromatic heterocycles. The summed E-state index contributed by atoms with van der Waals surface area (Å²) in [4.78, 5) is 0.397. The Balaban J connectivity index is 2.99. The minimum atomic E-state index is -3.22. The molecule has 1 aromatic rings. The molecule has 0 spiro atoms. The van der Waals surface area contributed by atoms with E-state index in [4.69, 9.17) is 11.5 Å². The van der Waals surface area contributed by atoms with Crippen LogP contribution in [0.2, 0.25) is 0 Å². The average molecular weight is 298 g/mol. The van der Waals surface area contributed by atoms with Crippen molar-refractivity contribution < 1.29 is 8.42 Å². The highest BCUT2D eigenvalue weighted by Gasteiger charge is 2.20. The van der Waals surface area contributed by atoms with Crippen LogP contribution in [0.5, 0.6) is 0 Å². The number of rotatable bonds is 7. The van der Waals surface area contributed by atoms with E-state index in [1.165, 1.54) is 0 Å². The molecule has 1 atom stereocenters. The molecule has 0 aliphatic heterocycles. The van der Waals surface area contributed by atoms with Gasteiger partial charge in [-0.25, -0.2) is 8.42 Å². The molecule has 0 saturated carbocycles. The molecule has 1 aromatic carbocycles. The Bertz CT molecular complexity index is 522. The van der Waals surface area contributed by atoms with Crippen LogP contribution in [0, 0.1) is 5.92 Å². The van der Waals surface area contributed by atoms with Gasteiger partial charge in [-0.3, -0.25) is 0 Å². The summed E-state index contributed by atoms with van der Waals surface area (Å²) in [6.45, 7) is 6.60. The molecule has 114 valence electrons. The zero-order valence-corrected chi connectivity index (χ0v) is 13.4. The van der Waals surface area contributed by atoms with Gasteiger partial charge in [0.25, 0.3) is 0 Å². The summed E-state index contributed by atoms with van der Waals surface area (Å²) in [5, 5.41) is -0.408. The molecule has 0 aliphatic rings. The molecule has 1 unspecified atom stereocenters. The third-order valence-corrected chi connectivity index (χ3v) is 5.88. The quantitative estimate of drug-likeness (QED) is 0.805. The highest BCUT2D eigenvalue weighted by atomic mass is 32.2. The normalized spacial score (nSPS) is 13.9. The third kappa shape index (κ3) is 4.04. The van der Waals surface area contributed by atoms with Crippen LogP contribution in [0.4, 0.5) is 0 Å². The number of nitrogens with two attached hydrogens (primary N) is 2. The summed E-state index contributed by atoms with van der Waals surface area (Å²) >= 11 is 0. The molecule has 1 rings (SSSR count). The Morgan fingerprint density at radius 1 is 1.10 bits per heavy atom. The van der Waals surface area contributed by atoms with Crippen molar-refractivity contribution in [2.45, 2.75) is 43.3 Å². The molecule has 0 amide bonds. The highest BCUT2D eigenvalue weighted by Crippen LogP contribution is 2.26. The van der Waals surface area contributed by atoms with E-state index in [1.54, 1.807) is 32.0 Å². The summed E-state index contributed by atoms with van der Waals surface area (Å²) in [6, 6.07) is 7.22. The Hall–Kier alpha value is -0.910. The fraction of sp³-hybridized carbons (Fsp3) is 0.600. The molecule has 0 fully saturated rings. The van der Waals surface area contributed by atoms with Gasteiger partial charge >= 0.3 is 0 Å². The first-order valence-corrected chi connectivity index (χ1v) is 8.61. The maximum absolute atomic E-state index is 12.2. The van der Waals surface area contributed by atoms with Gasteiger partial charge in [0.15, 0.2) is 9.84 Å². The molecule has 5 heteroatoms. The van der Waals surface area contributed by atoms with E-state index in [2.05, 4.69) is 6.92 Å². The first-order chi connectivity index (χ1) is 9.32. The summed E-state index contributed by atoms with van der Waals surface area (Å²) in [6.07, 6.45) is 0.873. The minimum Gasteiger partial charge on any atom is -0.330 e. The van der Waals surface area contributed by atoms with E-state index >= 15 is 0 Å². The predicted octanol–water partition coefficient (Wildman–Crippen LogP) is 1.90. The second kappa shape index (κ2) is 7.20. The van der Waals surface area contributed by atoms with Crippen LogP contribution in [0.3, 0.4) is 0 Å². The van der Waals surface area contributed by atoms with Crippen LogP contribution >= 0.6 is 0 Å². The summed E-state index contributed by atoms with van der Waals surface area (Å²) in [5.41, 5.74) is 12.4. The van der Waals surface area contributed by atoms with E-state index in [0.29, 0.717) is 18.0 Å². The number of hydrogen-bond acceptors (Lipinski definition) is 4. The largest absolute Gasteiger partial charge is 0.330 e. The zero-order valence-electron chi connectivity index (χ0n) is 12.5. The fourth-order valence-corrected chi connectivity index (χ4v) is 3.31. The summed E-state index contributed by atoms with van der Waals surface area (Å²) in [5.74, 6) is 0.518. The highest BCUT2D eigenvalue weighted by molar-refractivity contribution is 7.92. The molecular weight excluding hydrogens is 272 g/mol. The molecule has 20 heavy (non-hydrogen) atoms. The van der Waals surface area contributed by atoms with Crippen LogP contribution in [0.1, 0.15) is 38.7 Å². The lowest BCUT2D eigenvalue weighted by molar-refractivity contribution is 0.465. The molecular formula is C15H26N2O2S. The van der Waals surface area contributed by atoms with Gasteiger partial charge < -0.3 is 11.5 Å². The number of hydrogen-bond donors (Lipinski definition) is 2. The van der Waals surface area contributed by atoms with Gasteiger partial charge in [0.1, 0.15) is 0 Å². The maximum Gasteiger partial charge on any atom is 0.180 e. The van der Waals surface area contributed by atoms with E-state index in [-0.39, 0.29) is 11.8 Å². The van der Waals surface area contributed by atoms with Gasteiger partial charge in [-0.2, -0.15) is 0 Å². The minimum absolute atomic E-state index is 0.245. The number of sulfone groups is 1. The van der Waals surface area contributed by atoms with Gasteiger partial charge in [0.05, 0.1) is 10.1 Å². The van der Waals surface area contributed by atoms with Crippen LogP contribution in [-0.2, 0) is 9.84 Å². The molecule has 0 aliphatic carbocycles. The van der Waals surface area contributed by atoms with Crippen molar-refractivity contribution in [3.8, 4) is 0 Å². The zero-order chi connectivity index (χ0) is 15.3. The van der Waals surface area contributed by atoms with Crippen molar-refractivity contribution in [1.82, 2.24) is 0 Å². The first kappa shape index (κ1) is 17.1. The van der Waals surface area contributed by atoms with Crippen LogP contribution in [0.15, 0.2) is 29.2 Å². The Morgan fingerprint density at radius 2 is 1.70 bits per heavy atom. The molecule has 0 heterocycles. The maximum atomic E-state index is 12.2. The van der Waals surface area contributed by atoms with Crippen LogP contribution in [0.25, 0.3) is 0 Å². The van der Waals surface area contributed by atoms with Gasteiger partial charge in [-0.05, 0) is 62.9 Å². The first-order valence-electron chi connectivity index (χ1n) is 7.06. The predicted molar refractivity (Wildman–Crippen MR) is 83.4 cm³/mol. The molecule has 4 nitrogen and oxygen atoms in total. The Morgan fingerprint density at radius 3 is 2.20 bits per heavy atom. The Kier molecular flexibility index (Phi) is 6.17. The Labute approximate surface area is 122 Å². The summed E-state index contributed by atoms with van der Waals surface area (Å²) in [7, 11) is -3.22. The van der Waals surface area contributed by atoms with Crippen molar-refractivity contribution in [3.05, 3.63) is 29.8 Å². The van der Waals surface area contributed by atoms with Crippen LogP contribution in [-0.4, -0.2) is 26.8 Å². The second-order valence-corrected chi connectivity index (χ2v) is 8.14. The topological polar surface area (TPSA) is 86.2 Å². The van der Waals surface area contributed by atoms with Crippen LogP contribution < -0.4 is 11.5 Å². The van der Waals surface area contributed by atoms with Crippen molar-refractivity contribution in [1.29, 1.82) is 0 Å². The van der Waals surface area contributed by atoms with Gasteiger partial charge in [0.2, 0.25) is 0 Å². The molecule has 4 N–H and O–H groups in total. The van der Waals surface area contributed by atoms with Crippen molar-refractivity contribution >= 4 is 9.84 Å². The lowest BCUT2D eigenvalue weighted by atomic mass is 9.90. The fourth-order valence-electron chi connectivity index (χ4n) is 2.19. The molecule has 0 radical (unpaired) electrons. The van der Waals surface area contributed by atoms with E-state index in [9.17, 15) is 8.42 Å². The standard InChI is InChI=1S/C15H26N2O2S/c1-11(2)20(18,19)15-6-4-5-14(8-15)12(3)7-13(9-16)10-17/h4-6,8,11-13H,7,9-10,16-17H2,1-3H3.